The third kappa shape index (κ3) is 2.88. The van der Waals surface area contributed by atoms with Gasteiger partial charge in [0.1, 0.15) is 0 Å². The van der Waals surface area contributed by atoms with Crippen LogP contribution < -0.4 is 5.73 Å². The minimum Gasteiger partial charge on any atom is -0.374 e. The van der Waals surface area contributed by atoms with Gasteiger partial charge < -0.3 is 10.5 Å². The van der Waals surface area contributed by atoms with Crippen LogP contribution in [0.5, 0.6) is 0 Å². The minimum absolute atomic E-state index is 0.0649. The zero-order valence-corrected chi connectivity index (χ0v) is 10.7. The first kappa shape index (κ1) is 12.6. The van der Waals surface area contributed by atoms with Crippen LogP contribution in [0, 0.1) is 0 Å². The standard InChI is InChI=1S/C15H23NO/c1-2-17-15(10-6-7-11-15)14(16)12-13-8-4-3-5-9-13/h3-5,8-9,14H,2,6-7,10-12,16H2,1H3. The van der Waals surface area contributed by atoms with E-state index in [1.807, 2.05) is 6.07 Å². The molecule has 0 saturated heterocycles. The van der Waals surface area contributed by atoms with Crippen molar-refractivity contribution in [2.24, 2.45) is 5.73 Å². The topological polar surface area (TPSA) is 35.2 Å². The van der Waals surface area contributed by atoms with Crippen LogP contribution in [0.3, 0.4) is 0 Å². The third-order valence-corrected chi connectivity index (χ3v) is 3.86. The van der Waals surface area contributed by atoms with Crippen LogP contribution in [0.2, 0.25) is 0 Å². The van der Waals surface area contributed by atoms with Gasteiger partial charge in [-0.3, -0.25) is 0 Å². The van der Waals surface area contributed by atoms with Gasteiger partial charge in [-0.15, -0.1) is 0 Å². The van der Waals surface area contributed by atoms with Crippen molar-refractivity contribution in [1.29, 1.82) is 0 Å². The van der Waals surface area contributed by atoms with Crippen LogP contribution in [0.15, 0.2) is 30.3 Å². The number of hydrogen-bond acceptors (Lipinski definition) is 2. The van der Waals surface area contributed by atoms with Crippen LogP contribution >= 0.6 is 0 Å². The third-order valence-electron chi connectivity index (χ3n) is 3.86. The molecule has 1 saturated carbocycles. The van der Waals surface area contributed by atoms with E-state index in [2.05, 4.69) is 31.2 Å². The van der Waals surface area contributed by atoms with Crippen molar-refractivity contribution in [2.45, 2.75) is 50.7 Å². The van der Waals surface area contributed by atoms with E-state index in [-0.39, 0.29) is 11.6 Å². The summed E-state index contributed by atoms with van der Waals surface area (Å²) in [5.74, 6) is 0. The van der Waals surface area contributed by atoms with Gasteiger partial charge in [0.25, 0.3) is 0 Å². The second kappa shape index (κ2) is 5.65. The van der Waals surface area contributed by atoms with Gasteiger partial charge in [-0.25, -0.2) is 0 Å². The largest absolute Gasteiger partial charge is 0.374 e. The second-order valence-corrected chi connectivity index (χ2v) is 5.00. The monoisotopic (exact) mass is 233 g/mol. The molecule has 1 fully saturated rings. The second-order valence-electron chi connectivity index (χ2n) is 5.00. The molecule has 0 radical (unpaired) electrons. The van der Waals surface area contributed by atoms with E-state index in [0.717, 1.165) is 25.9 Å². The first-order valence-electron chi connectivity index (χ1n) is 6.70. The Morgan fingerprint density at radius 2 is 1.88 bits per heavy atom. The molecule has 2 nitrogen and oxygen atoms in total. The molecule has 1 aliphatic carbocycles. The molecule has 0 amide bonds. The van der Waals surface area contributed by atoms with Gasteiger partial charge in [0.2, 0.25) is 0 Å². The molecule has 0 aromatic heterocycles. The molecule has 0 bridgehead atoms. The molecule has 2 N–H and O–H groups in total. The summed E-state index contributed by atoms with van der Waals surface area (Å²) >= 11 is 0. The summed E-state index contributed by atoms with van der Waals surface area (Å²) < 4.78 is 6.00. The summed E-state index contributed by atoms with van der Waals surface area (Å²) in [7, 11) is 0. The van der Waals surface area contributed by atoms with Crippen molar-refractivity contribution in [3.8, 4) is 0 Å². The lowest BCUT2D eigenvalue weighted by Crippen LogP contribution is -2.49. The molecular formula is C15H23NO. The molecular weight excluding hydrogens is 210 g/mol. The highest BCUT2D eigenvalue weighted by atomic mass is 16.5. The Morgan fingerprint density at radius 3 is 2.47 bits per heavy atom. The van der Waals surface area contributed by atoms with Gasteiger partial charge in [-0.05, 0) is 31.7 Å². The average Bonchev–Trinajstić information content (AvgIpc) is 2.81. The molecule has 1 unspecified atom stereocenters. The summed E-state index contributed by atoms with van der Waals surface area (Å²) in [4.78, 5) is 0. The molecule has 1 aromatic rings. The van der Waals surface area contributed by atoms with Crippen molar-refractivity contribution in [2.75, 3.05) is 6.61 Å². The Morgan fingerprint density at radius 1 is 1.24 bits per heavy atom. The summed E-state index contributed by atoms with van der Waals surface area (Å²) in [5, 5.41) is 0. The Balaban J connectivity index is 2.04. The SMILES string of the molecule is CCOC1(C(N)Cc2ccccc2)CCCC1. The molecule has 1 aliphatic rings. The summed E-state index contributed by atoms with van der Waals surface area (Å²) in [6, 6.07) is 10.6. The van der Waals surface area contributed by atoms with Crippen LogP contribution in [-0.2, 0) is 11.2 Å². The van der Waals surface area contributed by atoms with Gasteiger partial charge in [0.15, 0.2) is 0 Å². The fourth-order valence-electron chi connectivity index (χ4n) is 2.94. The summed E-state index contributed by atoms with van der Waals surface area (Å²) in [6.45, 7) is 2.83. The fraction of sp³-hybridized carbons (Fsp3) is 0.600. The molecule has 17 heavy (non-hydrogen) atoms. The number of rotatable bonds is 5. The molecule has 0 heterocycles. The zero-order chi connectivity index (χ0) is 12.1. The average molecular weight is 233 g/mol. The van der Waals surface area contributed by atoms with Crippen molar-refractivity contribution in [1.82, 2.24) is 0 Å². The maximum absolute atomic E-state index is 6.41. The normalized spacial score (nSPS) is 20.4. The van der Waals surface area contributed by atoms with Crippen LogP contribution in [0.4, 0.5) is 0 Å². The highest BCUT2D eigenvalue weighted by Gasteiger charge is 2.40. The highest BCUT2D eigenvalue weighted by Crippen LogP contribution is 2.36. The quantitative estimate of drug-likeness (QED) is 0.848. The van der Waals surface area contributed by atoms with Crippen molar-refractivity contribution >= 4 is 0 Å². The van der Waals surface area contributed by atoms with Crippen LogP contribution in [0.25, 0.3) is 0 Å². The number of nitrogens with two attached hydrogens (primary N) is 1. The van der Waals surface area contributed by atoms with Crippen molar-refractivity contribution in [3.05, 3.63) is 35.9 Å². The van der Waals surface area contributed by atoms with Crippen molar-refractivity contribution in [3.63, 3.8) is 0 Å². The molecule has 0 aliphatic heterocycles. The van der Waals surface area contributed by atoms with E-state index in [9.17, 15) is 0 Å². The van der Waals surface area contributed by atoms with E-state index in [1.165, 1.54) is 18.4 Å². The predicted octanol–water partition coefficient (Wildman–Crippen LogP) is 2.91. The lowest BCUT2D eigenvalue weighted by Gasteiger charge is -2.35. The van der Waals surface area contributed by atoms with E-state index >= 15 is 0 Å². The van der Waals surface area contributed by atoms with E-state index in [4.69, 9.17) is 10.5 Å². The molecule has 2 heteroatoms. The van der Waals surface area contributed by atoms with Gasteiger partial charge in [-0.2, -0.15) is 0 Å². The fourth-order valence-corrected chi connectivity index (χ4v) is 2.94. The van der Waals surface area contributed by atoms with Gasteiger partial charge in [0, 0.05) is 12.6 Å². The predicted molar refractivity (Wildman–Crippen MR) is 70.9 cm³/mol. The number of benzene rings is 1. The first-order valence-corrected chi connectivity index (χ1v) is 6.70. The van der Waals surface area contributed by atoms with Crippen molar-refractivity contribution < 1.29 is 4.74 Å². The highest BCUT2D eigenvalue weighted by molar-refractivity contribution is 5.17. The number of hydrogen-bond donors (Lipinski definition) is 1. The first-order chi connectivity index (χ1) is 8.27. The van der Waals surface area contributed by atoms with E-state index in [0.29, 0.717) is 0 Å². The number of ether oxygens (including phenoxy) is 1. The molecule has 1 atom stereocenters. The van der Waals surface area contributed by atoms with E-state index in [1.54, 1.807) is 0 Å². The maximum Gasteiger partial charge on any atom is 0.0835 e. The zero-order valence-electron chi connectivity index (χ0n) is 10.7. The Hall–Kier alpha value is -0.860. The van der Waals surface area contributed by atoms with Gasteiger partial charge in [0.05, 0.1) is 5.60 Å². The molecule has 2 rings (SSSR count). The van der Waals surface area contributed by atoms with Gasteiger partial charge >= 0.3 is 0 Å². The maximum atomic E-state index is 6.41. The van der Waals surface area contributed by atoms with Crippen LogP contribution in [0.1, 0.15) is 38.2 Å². The smallest absolute Gasteiger partial charge is 0.0835 e. The Labute approximate surface area is 104 Å². The van der Waals surface area contributed by atoms with E-state index < -0.39 is 0 Å². The lowest BCUT2D eigenvalue weighted by molar-refractivity contribution is -0.0524. The lowest BCUT2D eigenvalue weighted by atomic mass is 9.88. The molecule has 1 aromatic carbocycles. The Kier molecular flexibility index (Phi) is 4.19. The molecule has 94 valence electrons. The minimum atomic E-state index is -0.0649. The Bertz CT molecular complexity index is 330. The summed E-state index contributed by atoms with van der Waals surface area (Å²) in [6.07, 6.45) is 5.66. The molecule has 0 spiro atoms. The summed E-state index contributed by atoms with van der Waals surface area (Å²) in [5.41, 5.74) is 7.65. The van der Waals surface area contributed by atoms with Crippen LogP contribution in [-0.4, -0.2) is 18.2 Å². The van der Waals surface area contributed by atoms with Gasteiger partial charge in [-0.1, -0.05) is 43.2 Å².